The second-order valence-corrected chi connectivity index (χ2v) is 4.88. The lowest BCUT2D eigenvalue weighted by molar-refractivity contribution is -0.135. The Morgan fingerprint density at radius 3 is 2.43 bits per heavy atom. The van der Waals surface area contributed by atoms with Crippen molar-refractivity contribution >= 4 is 29.9 Å². The molecule has 0 aliphatic rings. The summed E-state index contributed by atoms with van der Waals surface area (Å²) in [7, 11) is 1.59. The van der Waals surface area contributed by atoms with E-state index in [1.807, 2.05) is 6.07 Å². The van der Waals surface area contributed by atoms with Gasteiger partial charge in [0.25, 0.3) is 0 Å². The molecule has 2 N–H and O–H groups in total. The molecule has 8 heteroatoms. The van der Waals surface area contributed by atoms with E-state index in [9.17, 15) is 17.6 Å². The fraction of sp³-hybridized carbons (Fsp3) is 0.533. The highest BCUT2D eigenvalue weighted by Crippen LogP contribution is 2.21. The first-order chi connectivity index (χ1) is 10.4. The van der Waals surface area contributed by atoms with Gasteiger partial charge in [0.1, 0.15) is 5.82 Å². The first-order valence-corrected chi connectivity index (χ1v) is 7.16. The van der Waals surface area contributed by atoms with Crippen LogP contribution in [0, 0.1) is 5.82 Å². The molecule has 0 amide bonds. The minimum Gasteiger partial charge on any atom is -0.356 e. The zero-order chi connectivity index (χ0) is 16.4. The van der Waals surface area contributed by atoms with Gasteiger partial charge < -0.3 is 10.6 Å². The third-order valence-electron chi connectivity index (χ3n) is 3.00. The van der Waals surface area contributed by atoms with Crippen molar-refractivity contribution in [3.8, 4) is 0 Å². The average Bonchev–Trinajstić information content (AvgIpc) is 2.44. The quantitative estimate of drug-likeness (QED) is 0.219. The Kier molecular flexibility index (Phi) is 10.9. The number of benzene rings is 1. The van der Waals surface area contributed by atoms with Crippen LogP contribution >= 0.6 is 24.0 Å². The summed E-state index contributed by atoms with van der Waals surface area (Å²) < 4.78 is 48.9. The molecular weight excluding hydrogens is 425 g/mol. The third kappa shape index (κ3) is 11.2. The summed E-state index contributed by atoms with van der Waals surface area (Å²) >= 11 is 0. The molecule has 0 saturated carbocycles. The van der Waals surface area contributed by atoms with Gasteiger partial charge in [-0.15, -0.1) is 24.0 Å². The van der Waals surface area contributed by atoms with Gasteiger partial charge in [-0.3, -0.25) is 4.99 Å². The lowest BCUT2D eigenvalue weighted by Gasteiger charge is -2.12. The van der Waals surface area contributed by atoms with Crippen molar-refractivity contribution in [3.63, 3.8) is 0 Å². The number of alkyl halides is 3. The molecule has 0 fully saturated rings. The van der Waals surface area contributed by atoms with Crippen molar-refractivity contribution < 1.29 is 17.6 Å². The minimum absolute atomic E-state index is 0. The number of unbranched alkanes of at least 4 members (excludes halogenated alkanes) is 1. The summed E-state index contributed by atoms with van der Waals surface area (Å²) in [6.07, 6.45) is -3.71. The molecule has 132 valence electrons. The van der Waals surface area contributed by atoms with Gasteiger partial charge in [0.15, 0.2) is 5.96 Å². The number of nitrogens with one attached hydrogen (secondary N) is 2. The van der Waals surface area contributed by atoms with E-state index in [0.717, 1.165) is 5.56 Å². The number of guanidine groups is 1. The highest BCUT2D eigenvalue weighted by atomic mass is 127. The molecule has 0 saturated heterocycles. The number of nitrogens with zero attached hydrogens (tertiary/aromatic N) is 1. The van der Waals surface area contributed by atoms with Crippen LogP contribution in [0.2, 0.25) is 0 Å². The number of halogens is 5. The minimum atomic E-state index is -4.09. The van der Waals surface area contributed by atoms with Crippen LogP contribution in [0.15, 0.2) is 29.3 Å². The fourth-order valence-electron chi connectivity index (χ4n) is 1.90. The fourth-order valence-corrected chi connectivity index (χ4v) is 1.90. The number of aliphatic imine (C=N–C) groups is 1. The molecule has 0 radical (unpaired) electrons. The van der Waals surface area contributed by atoms with Crippen molar-refractivity contribution in [2.75, 3.05) is 20.1 Å². The Hall–Kier alpha value is -1.06. The number of hydrogen-bond acceptors (Lipinski definition) is 1. The van der Waals surface area contributed by atoms with Crippen molar-refractivity contribution in [1.82, 2.24) is 10.6 Å². The van der Waals surface area contributed by atoms with E-state index >= 15 is 0 Å². The second kappa shape index (κ2) is 11.5. The van der Waals surface area contributed by atoms with Crippen LogP contribution in [0.1, 0.15) is 24.8 Å². The van der Waals surface area contributed by atoms with Gasteiger partial charge in [0, 0.05) is 26.6 Å². The molecule has 0 aromatic heterocycles. The van der Waals surface area contributed by atoms with Crippen LogP contribution in [0.3, 0.4) is 0 Å². The maximum Gasteiger partial charge on any atom is 0.389 e. The molecule has 0 heterocycles. The molecule has 23 heavy (non-hydrogen) atoms. The highest BCUT2D eigenvalue weighted by Gasteiger charge is 2.25. The molecule has 0 unspecified atom stereocenters. The van der Waals surface area contributed by atoms with Crippen LogP contribution in [-0.4, -0.2) is 32.3 Å². The van der Waals surface area contributed by atoms with E-state index in [4.69, 9.17) is 0 Å². The van der Waals surface area contributed by atoms with Crippen molar-refractivity contribution in [3.05, 3.63) is 35.6 Å². The van der Waals surface area contributed by atoms with Gasteiger partial charge in [-0.25, -0.2) is 4.39 Å². The summed E-state index contributed by atoms with van der Waals surface area (Å²) in [5.41, 5.74) is 0.869. The zero-order valence-electron chi connectivity index (χ0n) is 12.9. The molecule has 0 spiro atoms. The van der Waals surface area contributed by atoms with Crippen molar-refractivity contribution in [2.24, 2.45) is 4.99 Å². The summed E-state index contributed by atoms with van der Waals surface area (Å²) in [5.74, 6) is 0.257. The van der Waals surface area contributed by atoms with Crippen LogP contribution in [0.5, 0.6) is 0 Å². The molecule has 0 atom stereocenters. The molecule has 1 aromatic carbocycles. The molecule has 0 bridgehead atoms. The van der Waals surface area contributed by atoms with Gasteiger partial charge >= 0.3 is 6.18 Å². The van der Waals surface area contributed by atoms with Crippen molar-refractivity contribution in [2.45, 2.75) is 31.9 Å². The second-order valence-electron chi connectivity index (χ2n) is 4.88. The van der Waals surface area contributed by atoms with Crippen LogP contribution in [-0.2, 0) is 6.42 Å². The maximum atomic E-state index is 13.0. The normalized spacial score (nSPS) is 11.8. The number of hydrogen-bond donors (Lipinski definition) is 2. The lowest BCUT2D eigenvalue weighted by atomic mass is 10.1. The Balaban J connectivity index is 0.00000484. The molecule has 3 nitrogen and oxygen atoms in total. The van der Waals surface area contributed by atoms with Gasteiger partial charge in [-0.2, -0.15) is 13.2 Å². The standard InChI is InChI=1S/C15H21F4N3.HI/c1-20-14(21-9-3-2-8-15(17,18)19)22-10-7-12-5-4-6-13(16)11-12;/h4-6,11H,2-3,7-10H2,1H3,(H2,20,21,22);1H. The predicted octanol–water partition coefficient (Wildman–Crippen LogP) is 3.88. The molecule has 0 aliphatic heterocycles. The molecule has 1 rings (SSSR count). The summed E-state index contributed by atoms with van der Waals surface area (Å²) in [4.78, 5) is 3.98. The van der Waals surface area contributed by atoms with Gasteiger partial charge in [-0.05, 0) is 37.0 Å². The van der Waals surface area contributed by atoms with E-state index < -0.39 is 12.6 Å². The lowest BCUT2D eigenvalue weighted by Crippen LogP contribution is -2.38. The van der Waals surface area contributed by atoms with Crippen LogP contribution < -0.4 is 10.6 Å². The molecule has 1 aromatic rings. The van der Waals surface area contributed by atoms with E-state index in [1.54, 1.807) is 13.1 Å². The Labute approximate surface area is 151 Å². The highest BCUT2D eigenvalue weighted by molar-refractivity contribution is 14.0. The zero-order valence-corrected chi connectivity index (χ0v) is 15.2. The van der Waals surface area contributed by atoms with Crippen LogP contribution in [0.25, 0.3) is 0 Å². The summed E-state index contributed by atoms with van der Waals surface area (Å²) in [6, 6.07) is 6.34. The Bertz CT molecular complexity index is 478. The smallest absolute Gasteiger partial charge is 0.356 e. The first-order valence-electron chi connectivity index (χ1n) is 7.16. The van der Waals surface area contributed by atoms with Gasteiger partial charge in [0.2, 0.25) is 0 Å². The Morgan fingerprint density at radius 1 is 1.13 bits per heavy atom. The largest absolute Gasteiger partial charge is 0.389 e. The average molecular weight is 447 g/mol. The van der Waals surface area contributed by atoms with E-state index in [0.29, 0.717) is 31.9 Å². The SMILES string of the molecule is CN=C(NCCCCC(F)(F)F)NCCc1cccc(F)c1.I. The summed E-state index contributed by atoms with van der Waals surface area (Å²) in [6.45, 7) is 0.987. The van der Waals surface area contributed by atoms with E-state index in [1.165, 1.54) is 12.1 Å². The number of rotatable bonds is 7. The topological polar surface area (TPSA) is 36.4 Å². The van der Waals surface area contributed by atoms with Gasteiger partial charge in [0.05, 0.1) is 0 Å². The molecule has 0 aliphatic carbocycles. The predicted molar refractivity (Wildman–Crippen MR) is 94.8 cm³/mol. The van der Waals surface area contributed by atoms with E-state index in [-0.39, 0.29) is 36.2 Å². The Morgan fingerprint density at radius 2 is 1.83 bits per heavy atom. The monoisotopic (exact) mass is 447 g/mol. The van der Waals surface area contributed by atoms with Crippen molar-refractivity contribution in [1.29, 1.82) is 0 Å². The third-order valence-corrected chi connectivity index (χ3v) is 3.00. The first kappa shape index (κ1) is 21.9. The molecular formula is C15H22F4IN3. The van der Waals surface area contributed by atoms with Gasteiger partial charge in [-0.1, -0.05) is 12.1 Å². The van der Waals surface area contributed by atoms with Crippen LogP contribution in [0.4, 0.5) is 17.6 Å². The van der Waals surface area contributed by atoms with E-state index in [2.05, 4.69) is 15.6 Å². The summed E-state index contributed by atoms with van der Waals surface area (Å²) in [5, 5.41) is 5.99. The maximum absolute atomic E-state index is 13.0.